The fourth-order valence-corrected chi connectivity index (χ4v) is 19.3. The molecule has 0 amide bonds. The topological polar surface area (TPSA) is 112 Å². The second-order valence-electron chi connectivity index (χ2n) is 31.1. The van der Waals surface area contributed by atoms with E-state index in [1.54, 1.807) is 39.6 Å². The van der Waals surface area contributed by atoms with E-state index >= 15 is 0 Å². The number of ether oxygens (including phenoxy) is 4. The van der Waals surface area contributed by atoms with E-state index in [1.807, 2.05) is 38.1 Å². The van der Waals surface area contributed by atoms with Crippen LogP contribution in [-0.4, -0.2) is 75.5 Å². The van der Waals surface area contributed by atoms with Crippen molar-refractivity contribution in [2.24, 2.45) is 81.3 Å². The zero-order valence-electron chi connectivity index (χ0n) is 60.7. The average molecular weight is 1700 g/mol. The Morgan fingerprint density at radius 1 is 0.667 bits per heavy atom. The van der Waals surface area contributed by atoms with Gasteiger partial charge in [-0.15, -0.1) is 0 Å². The zero-order chi connectivity index (χ0) is 70.2. The normalized spacial score (nSPS) is 30.0. The Morgan fingerprint density at radius 2 is 1.23 bits per heavy atom. The predicted molar refractivity (Wildman–Crippen MR) is 410 cm³/mol. The number of carbonyl (C=O) groups is 4. The molecule has 536 valence electrons. The number of carbonyl (C=O) groups excluding carboxylic acids is 4. The third kappa shape index (κ3) is 20.2. The van der Waals surface area contributed by atoms with Gasteiger partial charge in [0.25, 0.3) is 0 Å². The van der Waals surface area contributed by atoms with Crippen molar-refractivity contribution >= 4 is 95.7 Å². The van der Waals surface area contributed by atoms with Crippen LogP contribution in [0, 0.1) is 81.3 Å². The average Bonchev–Trinajstić information content (AvgIpc) is 1.32. The number of anilines is 2. The summed E-state index contributed by atoms with van der Waals surface area (Å²) in [6, 6.07) is 13.2. The van der Waals surface area contributed by atoms with Gasteiger partial charge < -0.3 is 28.7 Å². The molecule has 9 rings (SSSR count). The molecule has 2 aromatic carbocycles. The first-order valence-electron chi connectivity index (χ1n) is 36.6. The zero-order valence-corrected chi connectivity index (χ0v) is 68.7. The molecule has 7 aliphatic carbocycles. The van der Waals surface area contributed by atoms with Crippen molar-refractivity contribution in [3.63, 3.8) is 0 Å². The van der Waals surface area contributed by atoms with E-state index in [4.69, 9.17) is 42.1 Å². The number of halogens is 5. The summed E-state index contributed by atoms with van der Waals surface area (Å²) in [6.45, 7) is 32.6. The maximum absolute atomic E-state index is 13.7. The fourth-order valence-electron chi connectivity index (χ4n) is 19.0. The molecule has 15 heteroatoms. The molecule has 0 aromatic heterocycles. The minimum absolute atomic E-state index is 0.0274. The molecule has 0 bridgehead atoms. The van der Waals surface area contributed by atoms with Crippen LogP contribution in [-0.2, 0) is 38.1 Å². The first kappa shape index (κ1) is 80.7. The standard InChI is InChI=1S/C41H58ClNO4.C40H60ClNO4.I3/c1-9-38(43(26-39(44)46-8)34-19-17-33(42)18-20-34)40(45)47-35-21-14-29(5)32(25-35)16-15-31-11-10-24-41(7)36(22-23-37(31)41)30(6)13-12-28(4)27(2)3;1-8-36(42(25-37(43)45-7)30-15-13-29(41)14-16-30)38(44)46-31-20-22-39(5)28(24-31)12-17-32-34-19-18-33(27(4)11-9-10-26(2)3)40(34,6)23-21-35(32)39;1-3-2/h12-13,15-20,27-28,30,35-38H,5,9-11,14,21-26H2,1-4,6-8H3;12-16,26-27,31-36H,8-11,17-25H2,1-7H3;/q;;-1/b13-12+,31-15+,32-16-;;/t28-,30-,35+,36-,37+,38-,41-;27-,31+,32+,33-,34+,35+,36-,39+,40-;/m11./s1. The number of benzene rings is 2. The molecule has 0 saturated heterocycles. The number of fused-ring (bicyclic) bond motifs is 6. The monoisotopic (exact) mass is 1700 g/mol. The number of esters is 4. The van der Waals surface area contributed by atoms with Crippen LogP contribution in [0.1, 0.15) is 218 Å². The summed E-state index contributed by atoms with van der Waals surface area (Å²) in [5, 5.41) is 1.19. The second-order valence-corrected chi connectivity index (χ2v) is 48.3. The first-order chi connectivity index (χ1) is 45.7. The third-order valence-electron chi connectivity index (χ3n) is 24.9. The van der Waals surface area contributed by atoms with E-state index in [0.717, 1.165) is 91.0 Å². The van der Waals surface area contributed by atoms with Crippen molar-refractivity contribution in [2.75, 3.05) is 37.1 Å². The number of hydrogen-bond donors (Lipinski definition) is 0. The van der Waals surface area contributed by atoms with Crippen molar-refractivity contribution in [3.8, 4) is 0 Å². The van der Waals surface area contributed by atoms with Crippen molar-refractivity contribution in [3.05, 3.63) is 118 Å². The molecule has 0 N–H and O–H groups in total. The van der Waals surface area contributed by atoms with Crippen LogP contribution in [0.5, 0.6) is 0 Å². The first-order valence-corrected chi connectivity index (χ1v) is 49.9. The van der Waals surface area contributed by atoms with Crippen LogP contribution in [0.3, 0.4) is 0 Å². The molecule has 0 aliphatic heterocycles. The molecule has 96 heavy (non-hydrogen) atoms. The number of allylic oxidation sites excluding steroid dienone is 7. The van der Waals surface area contributed by atoms with E-state index in [0.29, 0.717) is 83.0 Å². The summed E-state index contributed by atoms with van der Waals surface area (Å²) in [5.41, 5.74) is 7.92. The van der Waals surface area contributed by atoms with Crippen LogP contribution < -0.4 is 23.1 Å². The van der Waals surface area contributed by atoms with Crippen LogP contribution in [0.15, 0.2) is 108 Å². The summed E-state index contributed by atoms with van der Waals surface area (Å²) in [6.07, 6.45) is 35.0. The van der Waals surface area contributed by atoms with Crippen LogP contribution in [0.25, 0.3) is 0 Å². The number of methoxy groups -OCH3 is 2. The molecular formula is C81H118Cl2I3N2O8-. The van der Waals surface area contributed by atoms with Gasteiger partial charge in [-0.2, -0.15) is 0 Å². The van der Waals surface area contributed by atoms with Gasteiger partial charge in [-0.3, -0.25) is 9.59 Å². The second kappa shape index (κ2) is 37.5. The Hall–Kier alpha value is -2.61. The van der Waals surface area contributed by atoms with Gasteiger partial charge >= 0.3 is 74.4 Å². The molecule has 10 nitrogen and oxygen atoms in total. The van der Waals surface area contributed by atoms with E-state index in [-0.39, 0.29) is 42.7 Å². The predicted octanol–water partition coefficient (Wildman–Crippen LogP) is 19.1. The SMILES string of the molecule is C=C1CC[C@H](OC(=O)[C@@H](CC)N(CC(=O)OC)c2ccc(Cl)cc2)C/C1=C/C=C1\CCC[C@]2(C)[C@@H]([C@H](C)/C=C/[C@@H](C)C(C)C)CC[C@@H]12.CC[C@H](C(=O)O[C@H]1CC[C@@]2(C)C(=CC[C@H]3[C@@H]4CC[C@H]([C@H](C)CCCC(C)C)[C@@]4(C)CC[C@@H]32)C1)N(CC(=O)OC)c1ccc(Cl)cc1.I[I-]I. The summed E-state index contributed by atoms with van der Waals surface area (Å²) in [5.74, 6) is 6.68. The van der Waals surface area contributed by atoms with Crippen LogP contribution in [0.2, 0.25) is 10.0 Å². The summed E-state index contributed by atoms with van der Waals surface area (Å²) in [4.78, 5) is 55.6. The molecule has 0 heterocycles. The van der Waals surface area contributed by atoms with Crippen LogP contribution >= 0.6 is 60.4 Å². The Bertz CT molecular complexity index is 3020. The van der Waals surface area contributed by atoms with Gasteiger partial charge in [0.1, 0.15) is 37.4 Å². The molecule has 7 aliphatic rings. The van der Waals surface area contributed by atoms with Crippen LogP contribution in [0.4, 0.5) is 11.4 Å². The number of nitrogens with zero attached hydrogens (tertiary/aromatic N) is 2. The van der Waals surface area contributed by atoms with E-state index in [9.17, 15) is 19.2 Å². The molecular weight excluding hydrogens is 1580 g/mol. The summed E-state index contributed by atoms with van der Waals surface area (Å²) >= 11 is 17.5. The molecule has 0 unspecified atom stereocenters. The molecule has 6 saturated carbocycles. The Morgan fingerprint density at radius 3 is 1.77 bits per heavy atom. The summed E-state index contributed by atoms with van der Waals surface area (Å²) < 4.78 is 22.4. The van der Waals surface area contributed by atoms with Gasteiger partial charge in [0.2, 0.25) is 0 Å². The van der Waals surface area contributed by atoms with Gasteiger partial charge in [-0.1, -0.05) is 179 Å². The quantitative estimate of drug-likeness (QED) is 0.0436. The number of rotatable bonds is 24. The minimum atomic E-state index is -0.629. The Labute approximate surface area is 619 Å². The van der Waals surface area contributed by atoms with Gasteiger partial charge in [-0.05, 0) is 238 Å². The third-order valence-corrected chi connectivity index (χ3v) is 25.4. The molecule has 6 fully saturated rings. The Balaban J connectivity index is 0.000000260. The summed E-state index contributed by atoms with van der Waals surface area (Å²) in [7, 11) is 2.72. The fraction of sp³-hybridized carbons (Fsp3) is 0.679. The van der Waals surface area contributed by atoms with Crippen molar-refractivity contribution < 1.29 is 51.4 Å². The van der Waals surface area contributed by atoms with E-state index in [2.05, 4.69) is 143 Å². The van der Waals surface area contributed by atoms with Gasteiger partial charge in [0, 0.05) is 34.3 Å². The molecule has 0 radical (unpaired) electrons. The van der Waals surface area contributed by atoms with Gasteiger partial charge in [0.05, 0.1) is 14.2 Å². The maximum atomic E-state index is 13.7. The molecule has 2 aromatic rings. The number of hydrogen-bond acceptors (Lipinski definition) is 10. The van der Waals surface area contributed by atoms with Crippen molar-refractivity contribution in [1.82, 2.24) is 0 Å². The molecule has 0 spiro atoms. The van der Waals surface area contributed by atoms with Crippen molar-refractivity contribution in [2.45, 2.75) is 242 Å². The van der Waals surface area contributed by atoms with Crippen molar-refractivity contribution in [1.29, 1.82) is 0 Å². The van der Waals surface area contributed by atoms with Gasteiger partial charge in [-0.25, -0.2) is 9.59 Å². The van der Waals surface area contributed by atoms with Gasteiger partial charge in [0.15, 0.2) is 0 Å². The molecule has 16 atom stereocenters. The van der Waals surface area contributed by atoms with E-state index in [1.165, 1.54) is 102 Å². The Kier molecular flexibility index (Phi) is 31.5. The van der Waals surface area contributed by atoms with E-state index < -0.39 is 24.0 Å².